The molecule has 2 atom stereocenters. The van der Waals surface area contributed by atoms with Gasteiger partial charge in [-0.1, -0.05) is 30.3 Å². The Morgan fingerprint density at radius 1 is 1.22 bits per heavy atom. The van der Waals surface area contributed by atoms with Crippen LogP contribution < -0.4 is 0 Å². The van der Waals surface area contributed by atoms with Gasteiger partial charge in [-0.25, -0.2) is 4.79 Å². The van der Waals surface area contributed by atoms with Crippen molar-refractivity contribution < 1.29 is 23.9 Å². The summed E-state index contributed by atoms with van der Waals surface area (Å²) in [5.41, 5.74) is 0.904. The number of amides is 1. The standard InChI is InChI=1S/C17H21NO5/c1-13(20)22-12-16-7-15(10-19)8-18(9-16)17(21)23-11-14-5-3-2-4-6-14/h2-6,10,15-16H,7-9,11-12H2,1H3/t15-,16+/m1/s1. The number of benzene rings is 1. The molecule has 6 heteroatoms. The highest BCUT2D eigenvalue weighted by molar-refractivity contribution is 5.69. The smallest absolute Gasteiger partial charge is 0.410 e. The Kier molecular flexibility index (Phi) is 6.14. The molecule has 0 spiro atoms. The van der Waals surface area contributed by atoms with Crippen molar-refractivity contribution in [2.45, 2.75) is 20.0 Å². The second-order valence-electron chi connectivity index (χ2n) is 5.75. The fourth-order valence-corrected chi connectivity index (χ4v) is 2.66. The molecule has 0 radical (unpaired) electrons. The first kappa shape index (κ1) is 17.0. The monoisotopic (exact) mass is 319 g/mol. The molecule has 1 aliphatic heterocycles. The van der Waals surface area contributed by atoms with Crippen molar-refractivity contribution in [3.63, 3.8) is 0 Å². The van der Waals surface area contributed by atoms with Gasteiger partial charge in [0.25, 0.3) is 0 Å². The zero-order valence-corrected chi connectivity index (χ0v) is 13.1. The quantitative estimate of drug-likeness (QED) is 0.613. The number of rotatable bonds is 5. The number of piperidine rings is 1. The zero-order valence-electron chi connectivity index (χ0n) is 13.1. The number of carbonyl (C=O) groups is 3. The molecule has 0 unspecified atom stereocenters. The van der Waals surface area contributed by atoms with E-state index in [1.54, 1.807) is 0 Å². The molecule has 0 aliphatic carbocycles. The lowest BCUT2D eigenvalue weighted by Gasteiger charge is -2.34. The van der Waals surface area contributed by atoms with E-state index in [1.165, 1.54) is 11.8 Å². The van der Waals surface area contributed by atoms with Crippen LogP contribution in [0.4, 0.5) is 4.79 Å². The van der Waals surface area contributed by atoms with Crippen LogP contribution in [0.5, 0.6) is 0 Å². The van der Waals surface area contributed by atoms with Crippen molar-refractivity contribution in [3.05, 3.63) is 35.9 Å². The molecule has 1 amide bonds. The number of aldehydes is 1. The Balaban J connectivity index is 1.89. The summed E-state index contributed by atoms with van der Waals surface area (Å²) >= 11 is 0. The van der Waals surface area contributed by atoms with Gasteiger partial charge in [0.15, 0.2) is 0 Å². The highest BCUT2D eigenvalue weighted by atomic mass is 16.6. The van der Waals surface area contributed by atoms with Crippen LogP contribution in [0.15, 0.2) is 30.3 Å². The van der Waals surface area contributed by atoms with Crippen LogP contribution in [0.25, 0.3) is 0 Å². The molecule has 0 bridgehead atoms. The van der Waals surface area contributed by atoms with Crippen molar-refractivity contribution in [1.82, 2.24) is 4.90 Å². The topological polar surface area (TPSA) is 72.9 Å². The fraction of sp³-hybridized carbons (Fsp3) is 0.471. The van der Waals surface area contributed by atoms with Crippen LogP contribution in [0.3, 0.4) is 0 Å². The molecule has 1 saturated heterocycles. The molecule has 1 aromatic rings. The van der Waals surface area contributed by atoms with Crippen molar-refractivity contribution >= 4 is 18.3 Å². The van der Waals surface area contributed by atoms with Crippen molar-refractivity contribution in [3.8, 4) is 0 Å². The number of carbonyl (C=O) groups excluding carboxylic acids is 3. The lowest BCUT2D eigenvalue weighted by Crippen LogP contribution is -2.46. The minimum Gasteiger partial charge on any atom is -0.466 e. The third-order valence-corrected chi connectivity index (χ3v) is 3.75. The summed E-state index contributed by atoms with van der Waals surface area (Å²) < 4.78 is 10.3. The molecular weight excluding hydrogens is 298 g/mol. The Hall–Kier alpha value is -2.37. The second kappa shape index (κ2) is 8.31. The number of likely N-dealkylation sites (tertiary alicyclic amines) is 1. The van der Waals surface area contributed by atoms with Crippen molar-refractivity contribution in [1.29, 1.82) is 0 Å². The van der Waals surface area contributed by atoms with Gasteiger partial charge in [0.05, 0.1) is 6.61 Å². The van der Waals surface area contributed by atoms with Gasteiger partial charge in [0.2, 0.25) is 0 Å². The van der Waals surface area contributed by atoms with Crippen molar-refractivity contribution in [2.24, 2.45) is 11.8 Å². The summed E-state index contributed by atoms with van der Waals surface area (Å²) in [5, 5.41) is 0. The molecule has 0 aromatic heterocycles. The highest BCUT2D eigenvalue weighted by Gasteiger charge is 2.31. The molecule has 1 aliphatic rings. The van der Waals surface area contributed by atoms with Crippen LogP contribution in [-0.2, 0) is 25.7 Å². The predicted octanol–water partition coefficient (Wildman–Crippen LogP) is 2.02. The van der Waals surface area contributed by atoms with Crippen LogP contribution in [0, 0.1) is 11.8 Å². The molecule has 2 rings (SSSR count). The maximum absolute atomic E-state index is 12.2. The molecule has 1 heterocycles. The molecule has 124 valence electrons. The fourth-order valence-electron chi connectivity index (χ4n) is 2.66. The number of ether oxygens (including phenoxy) is 2. The number of hydrogen-bond acceptors (Lipinski definition) is 5. The van der Waals surface area contributed by atoms with E-state index < -0.39 is 6.09 Å². The average molecular weight is 319 g/mol. The van der Waals surface area contributed by atoms with E-state index in [4.69, 9.17) is 9.47 Å². The van der Waals surface area contributed by atoms with E-state index in [0.29, 0.717) is 19.5 Å². The summed E-state index contributed by atoms with van der Waals surface area (Å²) in [6.07, 6.45) is 1.00. The van der Waals surface area contributed by atoms with E-state index in [0.717, 1.165) is 11.8 Å². The maximum Gasteiger partial charge on any atom is 0.410 e. The van der Waals surface area contributed by atoms with Crippen LogP contribution in [0.2, 0.25) is 0 Å². The van der Waals surface area contributed by atoms with Crippen LogP contribution in [0.1, 0.15) is 18.9 Å². The Morgan fingerprint density at radius 2 is 1.96 bits per heavy atom. The lowest BCUT2D eigenvalue weighted by molar-refractivity contribution is -0.143. The Labute approximate surface area is 135 Å². The zero-order chi connectivity index (χ0) is 16.7. The largest absolute Gasteiger partial charge is 0.466 e. The normalized spacial score (nSPS) is 20.7. The third-order valence-electron chi connectivity index (χ3n) is 3.75. The molecule has 0 saturated carbocycles. The first-order chi connectivity index (χ1) is 11.1. The molecule has 23 heavy (non-hydrogen) atoms. The van der Waals surface area contributed by atoms with E-state index in [-0.39, 0.29) is 31.0 Å². The SMILES string of the molecule is CC(=O)OC[C@H]1C[C@@H](C=O)CN(C(=O)OCc2ccccc2)C1. The summed E-state index contributed by atoms with van der Waals surface area (Å²) in [5.74, 6) is -0.669. The van der Waals surface area contributed by atoms with E-state index in [1.807, 2.05) is 30.3 Å². The van der Waals surface area contributed by atoms with Gasteiger partial charge in [-0.3, -0.25) is 4.79 Å². The van der Waals surface area contributed by atoms with Gasteiger partial charge in [-0.2, -0.15) is 0 Å². The second-order valence-corrected chi connectivity index (χ2v) is 5.75. The molecule has 0 N–H and O–H groups in total. The van der Waals surface area contributed by atoms with E-state index >= 15 is 0 Å². The summed E-state index contributed by atoms with van der Waals surface area (Å²) in [6.45, 7) is 2.50. The van der Waals surface area contributed by atoms with Gasteiger partial charge >= 0.3 is 12.1 Å². The molecular formula is C17H21NO5. The first-order valence-electron chi connectivity index (χ1n) is 7.62. The number of esters is 1. The van der Waals surface area contributed by atoms with Crippen molar-refractivity contribution in [2.75, 3.05) is 19.7 Å². The van der Waals surface area contributed by atoms with Gasteiger partial charge in [-0.15, -0.1) is 0 Å². The number of nitrogens with zero attached hydrogens (tertiary/aromatic N) is 1. The third kappa shape index (κ3) is 5.39. The summed E-state index contributed by atoms with van der Waals surface area (Å²) in [7, 11) is 0. The van der Waals surface area contributed by atoms with Crippen LogP contribution in [-0.4, -0.2) is 42.9 Å². The maximum atomic E-state index is 12.2. The minimum atomic E-state index is -0.451. The average Bonchev–Trinajstić information content (AvgIpc) is 2.58. The minimum absolute atomic E-state index is 0.0490. The highest BCUT2D eigenvalue weighted by Crippen LogP contribution is 2.22. The van der Waals surface area contributed by atoms with Gasteiger partial charge < -0.3 is 19.2 Å². The molecule has 1 aromatic carbocycles. The predicted molar refractivity (Wildman–Crippen MR) is 82.5 cm³/mol. The van der Waals surface area contributed by atoms with Crippen LogP contribution >= 0.6 is 0 Å². The van der Waals surface area contributed by atoms with Gasteiger partial charge in [0, 0.05) is 31.8 Å². The Bertz CT molecular complexity index is 545. The summed E-state index contributed by atoms with van der Waals surface area (Å²) in [4.78, 5) is 35.7. The van der Waals surface area contributed by atoms with E-state index in [2.05, 4.69) is 0 Å². The summed E-state index contributed by atoms with van der Waals surface area (Å²) in [6, 6.07) is 9.40. The van der Waals surface area contributed by atoms with Gasteiger partial charge in [0.1, 0.15) is 12.9 Å². The molecule has 1 fully saturated rings. The number of hydrogen-bond donors (Lipinski definition) is 0. The lowest BCUT2D eigenvalue weighted by atomic mass is 9.91. The Morgan fingerprint density at radius 3 is 2.61 bits per heavy atom. The van der Waals surface area contributed by atoms with Gasteiger partial charge in [-0.05, 0) is 12.0 Å². The van der Waals surface area contributed by atoms with E-state index in [9.17, 15) is 14.4 Å². The first-order valence-corrected chi connectivity index (χ1v) is 7.62. The molecule has 6 nitrogen and oxygen atoms in total.